The summed E-state index contributed by atoms with van der Waals surface area (Å²) in [4.78, 5) is 23.9. The molecule has 180 valence electrons. The summed E-state index contributed by atoms with van der Waals surface area (Å²) >= 11 is 0. The number of fused-ring (bicyclic) bond motifs is 3. The predicted molar refractivity (Wildman–Crippen MR) is 141 cm³/mol. The molecule has 0 atom stereocenters. The molecular formula is C28H25N5O3. The van der Waals surface area contributed by atoms with Crippen LogP contribution in [0, 0.1) is 0 Å². The molecule has 5 aromatic rings. The van der Waals surface area contributed by atoms with Gasteiger partial charge >= 0.3 is 6.09 Å². The molecule has 8 nitrogen and oxygen atoms in total. The second-order valence-corrected chi connectivity index (χ2v) is 8.96. The summed E-state index contributed by atoms with van der Waals surface area (Å²) in [6, 6.07) is 22.6. The van der Waals surface area contributed by atoms with Gasteiger partial charge < -0.3 is 19.3 Å². The standard InChI is InChI=1S/C28H25N5O3/c1-31-25-16-19(7-9-23(25)30-27(31)32(2)28(34)35)18-8-10-26-20(15-18)17-33(13-14-36-26)24-11-12-29-22-6-4-3-5-21(22)24/h3-12,15-16H,13-14,17H2,1-2H3,(H,34,35). The summed E-state index contributed by atoms with van der Waals surface area (Å²) in [6.07, 6.45) is 0.811. The van der Waals surface area contributed by atoms with E-state index < -0.39 is 6.09 Å². The maximum Gasteiger partial charge on any atom is 0.413 e. The molecule has 0 fully saturated rings. The highest BCUT2D eigenvalue weighted by molar-refractivity contribution is 5.92. The molecule has 0 aliphatic carbocycles. The van der Waals surface area contributed by atoms with E-state index in [1.54, 1.807) is 4.57 Å². The quantitative estimate of drug-likeness (QED) is 0.378. The Morgan fingerprint density at radius 1 is 1.03 bits per heavy atom. The number of rotatable bonds is 3. The van der Waals surface area contributed by atoms with E-state index in [4.69, 9.17) is 4.74 Å². The number of imidazole rings is 1. The smallest absolute Gasteiger partial charge is 0.413 e. The lowest BCUT2D eigenvalue weighted by Gasteiger charge is -2.23. The summed E-state index contributed by atoms with van der Waals surface area (Å²) in [5, 5.41) is 10.5. The third-order valence-corrected chi connectivity index (χ3v) is 6.78. The fraction of sp³-hybridized carbons (Fsp3) is 0.179. The zero-order chi connectivity index (χ0) is 24.8. The molecule has 6 rings (SSSR count). The Morgan fingerprint density at radius 3 is 2.69 bits per heavy atom. The van der Waals surface area contributed by atoms with E-state index in [1.165, 1.54) is 7.05 Å². The van der Waals surface area contributed by atoms with Gasteiger partial charge in [-0.05, 0) is 47.5 Å². The third kappa shape index (κ3) is 3.67. The van der Waals surface area contributed by atoms with Crippen LogP contribution in [0.3, 0.4) is 0 Å². The number of amides is 1. The molecule has 1 aliphatic heterocycles. The molecule has 0 saturated carbocycles. The number of benzene rings is 3. The lowest BCUT2D eigenvalue weighted by Crippen LogP contribution is -2.26. The van der Waals surface area contributed by atoms with Crippen molar-refractivity contribution in [3.8, 4) is 16.9 Å². The van der Waals surface area contributed by atoms with Crippen LogP contribution in [0.2, 0.25) is 0 Å². The van der Waals surface area contributed by atoms with E-state index in [0.29, 0.717) is 12.6 Å². The average Bonchev–Trinajstić information content (AvgIpc) is 3.08. The SMILES string of the molecule is CN(C(=O)O)c1nc2ccc(-c3ccc4c(c3)CN(c3ccnc5ccccc35)CCO4)cc2n1C. The third-order valence-electron chi connectivity index (χ3n) is 6.78. The van der Waals surface area contributed by atoms with Crippen LogP contribution in [0.25, 0.3) is 33.1 Å². The van der Waals surface area contributed by atoms with Crippen molar-refractivity contribution in [2.45, 2.75) is 6.54 Å². The van der Waals surface area contributed by atoms with Crippen LogP contribution in [0.5, 0.6) is 5.75 Å². The summed E-state index contributed by atoms with van der Waals surface area (Å²) < 4.78 is 7.91. The predicted octanol–water partition coefficient (Wildman–Crippen LogP) is 5.30. The van der Waals surface area contributed by atoms with Crippen molar-refractivity contribution in [2.75, 3.05) is 30.0 Å². The maximum atomic E-state index is 11.4. The second kappa shape index (κ2) is 8.57. The molecule has 0 bridgehead atoms. The van der Waals surface area contributed by atoms with Gasteiger partial charge in [-0.1, -0.05) is 30.3 Å². The molecule has 8 heteroatoms. The number of anilines is 2. The average molecular weight is 480 g/mol. The molecule has 1 amide bonds. The number of hydrogen-bond acceptors (Lipinski definition) is 5. The number of hydrogen-bond donors (Lipinski definition) is 1. The largest absolute Gasteiger partial charge is 0.491 e. The van der Waals surface area contributed by atoms with Gasteiger partial charge in [0.05, 0.1) is 23.1 Å². The fourth-order valence-corrected chi connectivity index (χ4v) is 4.88. The van der Waals surface area contributed by atoms with Crippen molar-refractivity contribution in [2.24, 2.45) is 7.05 Å². The summed E-state index contributed by atoms with van der Waals surface area (Å²) in [7, 11) is 3.32. The first-order valence-electron chi connectivity index (χ1n) is 11.8. The van der Waals surface area contributed by atoms with Crippen LogP contribution in [0.15, 0.2) is 72.9 Å². The molecule has 0 spiro atoms. The Bertz CT molecular complexity index is 1620. The van der Waals surface area contributed by atoms with Crippen LogP contribution in [0.1, 0.15) is 5.56 Å². The molecule has 1 aliphatic rings. The van der Waals surface area contributed by atoms with Crippen molar-refractivity contribution in [1.29, 1.82) is 0 Å². The monoisotopic (exact) mass is 479 g/mol. The van der Waals surface area contributed by atoms with E-state index in [9.17, 15) is 9.90 Å². The molecule has 0 unspecified atom stereocenters. The van der Waals surface area contributed by atoms with Crippen LogP contribution in [0.4, 0.5) is 16.4 Å². The summed E-state index contributed by atoms with van der Waals surface area (Å²) in [6.45, 7) is 2.10. The number of nitrogens with zero attached hydrogens (tertiary/aromatic N) is 5. The minimum absolute atomic E-state index is 0.380. The number of carboxylic acid groups (broad SMARTS) is 1. The van der Waals surface area contributed by atoms with E-state index in [0.717, 1.165) is 68.1 Å². The zero-order valence-corrected chi connectivity index (χ0v) is 20.0. The minimum atomic E-state index is -1.05. The highest BCUT2D eigenvalue weighted by Gasteiger charge is 2.20. The van der Waals surface area contributed by atoms with Gasteiger partial charge in [0, 0.05) is 43.5 Å². The van der Waals surface area contributed by atoms with Gasteiger partial charge in [-0.15, -0.1) is 0 Å². The normalized spacial score (nSPS) is 13.3. The topological polar surface area (TPSA) is 83.7 Å². The van der Waals surface area contributed by atoms with Crippen LogP contribution >= 0.6 is 0 Å². The molecule has 36 heavy (non-hydrogen) atoms. The van der Waals surface area contributed by atoms with Gasteiger partial charge in [0.2, 0.25) is 5.95 Å². The molecule has 3 aromatic carbocycles. The Hall–Kier alpha value is -4.59. The van der Waals surface area contributed by atoms with Gasteiger partial charge in [0.1, 0.15) is 12.4 Å². The van der Waals surface area contributed by atoms with Crippen molar-refractivity contribution >= 4 is 39.7 Å². The molecule has 0 radical (unpaired) electrons. The molecule has 1 N–H and O–H groups in total. The number of ether oxygens (including phenoxy) is 1. The lowest BCUT2D eigenvalue weighted by atomic mass is 10.0. The first-order valence-corrected chi connectivity index (χ1v) is 11.8. The number of carbonyl (C=O) groups is 1. The minimum Gasteiger partial charge on any atom is -0.491 e. The highest BCUT2D eigenvalue weighted by atomic mass is 16.5. The van der Waals surface area contributed by atoms with Gasteiger partial charge in [-0.2, -0.15) is 0 Å². The molecule has 0 saturated heterocycles. The fourth-order valence-electron chi connectivity index (χ4n) is 4.88. The molecule has 2 aromatic heterocycles. The Balaban J connectivity index is 1.37. The number of para-hydroxylation sites is 1. The second-order valence-electron chi connectivity index (χ2n) is 8.96. The first kappa shape index (κ1) is 21.9. The Labute approximate surface area is 208 Å². The summed E-state index contributed by atoms with van der Waals surface area (Å²) in [5.41, 5.74) is 6.95. The van der Waals surface area contributed by atoms with Gasteiger partial charge in [-0.25, -0.2) is 9.78 Å². The Kier molecular flexibility index (Phi) is 5.21. The first-order chi connectivity index (χ1) is 17.5. The van der Waals surface area contributed by atoms with E-state index in [-0.39, 0.29) is 0 Å². The van der Waals surface area contributed by atoms with Gasteiger partial charge in [-0.3, -0.25) is 9.88 Å². The molecular weight excluding hydrogens is 454 g/mol. The van der Waals surface area contributed by atoms with Crippen molar-refractivity contribution in [3.63, 3.8) is 0 Å². The number of aromatic nitrogens is 3. The van der Waals surface area contributed by atoms with Gasteiger partial charge in [0.25, 0.3) is 0 Å². The van der Waals surface area contributed by atoms with Gasteiger partial charge in [0.15, 0.2) is 0 Å². The van der Waals surface area contributed by atoms with E-state index in [2.05, 4.69) is 45.2 Å². The van der Waals surface area contributed by atoms with Crippen molar-refractivity contribution < 1.29 is 14.6 Å². The van der Waals surface area contributed by atoms with E-state index >= 15 is 0 Å². The highest BCUT2D eigenvalue weighted by Crippen LogP contribution is 2.34. The molecule has 3 heterocycles. The lowest BCUT2D eigenvalue weighted by molar-refractivity contribution is 0.203. The number of pyridine rings is 1. The number of aryl methyl sites for hydroxylation is 1. The van der Waals surface area contributed by atoms with Crippen molar-refractivity contribution in [3.05, 3.63) is 78.5 Å². The van der Waals surface area contributed by atoms with Crippen LogP contribution in [-0.4, -0.2) is 45.9 Å². The van der Waals surface area contributed by atoms with Crippen LogP contribution in [-0.2, 0) is 13.6 Å². The van der Waals surface area contributed by atoms with Crippen LogP contribution < -0.4 is 14.5 Å². The van der Waals surface area contributed by atoms with E-state index in [1.807, 2.05) is 49.6 Å². The maximum absolute atomic E-state index is 11.4. The van der Waals surface area contributed by atoms with Crippen molar-refractivity contribution in [1.82, 2.24) is 14.5 Å². The zero-order valence-electron chi connectivity index (χ0n) is 20.0. The Morgan fingerprint density at radius 2 is 1.83 bits per heavy atom. The summed E-state index contributed by atoms with van der Waals surface area (Å²) in [5.74, 6) is 1.27.